The van der Waals surface area contributed by atoms with Gasteiger partial charge in [0, 0.05) is 43.6 Å². The Labute approximate surface area is 110 Å². The summed E-state index contributed by atoms with van der Waals surface area (Å²) in [6.45, 7) is 5.30. The predicted octanol–water partition coefficient (Wildman–Crippen LogP) is 2.35. The summed E-state index contributed by atoms with van der Waals surface area (Å²) in [5.74, 6) is 0.832. The fourth-order valence-corrected chi connectivity index (χ4v) is 2.17. The number of hydrogen-bond acceptors (Lipinski definition) is 4. The zero-order valence-corrected chi connectivity index (χ0v) is 11.7. The third-order valence-electron chi connectivity index (χ3n) is 3.67. The average Bonchev–Trinajstić information content (AvgIpc) is 3.22. The summed E-state index contributed by atoms with van der Waals surface area (Å²) in [5, 5.41) is 3.47. The number of hydrogen-bond donors (Lipinski definition) is 1. The number of rotatable bonds is 7. The molecule has 1 aromatic heterocycles. The molecule has 1 fully saturated rings. The van der Waals surface area contributed by atoms with Crippen molar-refractivity contribution in [1.29, 1.82) is 0 Å². The molecule has 1 aliphatic rings. The molecule has 100 valence electrons. The largest absolute Gasteiger partial charge is 0.341 e. The van der Waals surface area contributed by atoms with Crippen molar-refractivity contribution in [2.24, 2.45) is 0 Å². The van der Waals surface area contributed by atoms with Gasteiger partial charge >= 0.3 is 0 Å². The van der Waals surface area contributed by atoms with Gasteiger partial charge in [-0.15, -0.1) is 0 Å². The van der Waals surface area contributed by atoms with Gasteiger partial charge in [-0.2, -0.15) is 0 Å². The first kappa shape index (κ1) is 13.3. The second-order valence-corrected chi connectivity index (χ2v) is 5.13. The van der Waals surface area contributed by atoms with Crippen LogP contribution in [0.4, 0.5) is 5.95 Å². The van der Waals surface area contributed by atoms with Crippen LogP contribution in [-0.2, 0) is 6.54 Å². The molecule has 0 radical (unpaired) electrons. The van der Waals surface area contributed by atoms with Gasteiger partial charge < -0.3 is 10.2 Å². The van der Waals surface area contributed by atoms with E-state index in [-0.39, 0.29) is 0 Å². The van der Waals surface area contributed by atoms with E-state index in [9.17, 15) is 0 Å². The van der Waals surface area contributed by atoms with E-state index in [0.29, 0.717) is 6.04 Å². The molecular weight excluding hydrogens is 224 g/mol. The predicted molar refractivity (Wildman–Crippen MR) is 74.7 cm³/mol. The molecule has 0 aromatic carbocycles. The molecule has 1 aliphatic carbocycles. The first-order valence-corrected chi connectivity index (χ1v) is 7.01. The SMILES string of the molecule is CCC(CC)N(C)c1ncc(CNC2CC2)cn1. The lowest BCUT2D eigenvalue weighted by molar-refractivity contribution is 0.580. The van der Waals surface area contributed by atoms with Crippen molar-refractivity contribution in [2.75, 3.05) is 11.9 Å². The van der Waals surface area contributed by atoms with Crippen LogP contribution in [0.2, 0.25) is 0 Å². The summed E-state index contributed by atoms with van der Waals surface area (Å²) in [4.78, 5) is 11.1. The van der Waals surface area contributed by atoms with Gasteiger partial charge in [0.15, 0.2) is 0 Å². The van der Waals surface area contributed by atoms with E-state index in [2.05, 4.69) is 41.1 Å². The van der Waals surface area contributed by atoms with Crippen LogP contribution in [-0.4, -0.2) is 29.1 Å². The third kappa shape index (κ3) is 3.42. The van der Waals surface area contributed by atoms with Gasteiger partial charge in [-0.25, -0.2) is 9.97 Å². The Kier molecular flexibility index (Phi) is 4.53. The molecule has 18 heavy (non-hydrogen) atoms. The van der Waals surface area contributed by atoms with Gasteiger partial charge in [0.2, 0.25) is 5.95 Å². The fourth-order valence-electron chi connectivity index (χ4n) is 2.17. The molecule has 0 spiro atoms. The summed E-state index contributed by atoms with van der Waals surface area (Å²) in [7, 11) is 2.08. The Bertz CT molecular complexity index is 355. The Morgan fingerprint density at radius 2 is 1.89 bits per heavy atom. The highest BCUT2D eigenvalue weighted by Crippen LogP contribution is 2.19. The summed E-state index contributed by atoms with van der Waals surface area (Å²) < 4.78 is 0. The standard InChI is InChI=1S/C14H24N4/c1-4-13(5-2)18(3)14-16-9-11(10-17-14)8-15-12-6-7-12/h9-10,12-13,15H,4-8H2,1-3H3. The number of nitrogens with one attached hydrogen (secondary N) is 1. The molecule has 1 aromatic rings. The van der Waals surface area contributed by atoms with Crippen molar-refractivity contribution in [3.63, 3.8) is 0 Å². The van der Waals surface area contributed by atoms with Crippen LogP contribution in [0.1, 0.15) is 45.1 Å². The van der Waals surface area contributed by atoms with Gasteiger partial charge in [-0.3, -0.25) is 0 Å². The Morgan fingerprint density at radius 1 is 1.28 bits per heavy atom. The topological polar surface area (TPSA) is 41.1 Å². The summed E-state index contributed by atoms with van der Waals surface area (Å²) in [6.07, 6.45) is 8.77. The highest BCUT2D eigenvalue weighted by atomic mass is 15.2. The molecule has 0 aliphatic heterocycles. The highest BCUT2D eigenvalue weighted by Gasteiger charge is 2.20. The molecule has 4 heteroatoms. The Balaban J connectivity index is 1.92. The van der Waals surface area contributed by atoms with E-state index in [1.165, 1.54) is 18.4 Å². The van der Waals surface area contributed by atoms with Crippen molar-refractivity contribution in [3.05, 3.63) is 18.0 Å². The minimum atomic E-state index is 0.528. The molecular formula is C14H24N4. The van der Waals surface area contributed by atoms with E-state index in [1.54, 1.807) is 0 Å². The molecule has 1 saturated carbocycles. The third-order valence-corrected chi connectivity index (χ3v) is 3.67. The molecule has 1 N–H and O–H groups in total. The lowest BCUT2D eigenvalue weighted by Crippen LogP contribution is -2.31. The van der Waals surface area contributed by atoms with Crippen molar-refractivity contribution in [2.45, 2.75) is 58.2 Å². The van der Waals surface area contributed by atoms with Crippen LogP contribution in [0.15, 0.2) is 12.4 Å². The van der Waals surface area contributed by atoms with Gasteiger partial charge in [-0.1, -0.05) is 13.8 Å². The molecule has 0 saturated heterocycles. The van der Waals surface area contributed by atoms with Crippen LogP contribution in [0.25, 0.3) is 0 Å². The van der Waals surface area contributed by atoms with Crippen molar-refractivity contribution in [3.8, 4) is 0 Å². The second-order valence-electron chi connectivity index (χ2n) is 5.13. The molecule has 1 heterocycles. The van der Waals surface area contributed by atoms with E-state index in [4.69, 9.17) is 0 Å². The van der Waals surface area contributed by atoms with Crippen LogP contribution >= 0.6 is 0 Å². The number of nitrogens with zero attached hydrogens (tertiary/aromatic N) is 3. The van der Waals surface area contributed by atoms with Gasteiger partial charge in [-0.05, 0) is 25.7 Å². The Hall–Kier alpha value is -1.16. The van der Waals surface area contributed by atoms with Crippen LogP contribution in [0.5, 0.6) is 0 Å². The zero-order valence-electron chi connectivity index (χ0n) is 11.7. The van der Waals surface area contributed by atoms with Gasteiger partial charge in [0.1, 0.15) is 0 Å². The lowest BCUT2D eigenvalue weighted by Gasteiger charge is -2.26. The smallest absolute Gasteiger partial charge is 0.225 e. The number of aromatic nitrogens is 2. The Morgan fingerprint density at radius 3 is 2.39 bits per heavy atom. The maximum atomic E-state index is 4.47. The van der Waals surface area contributed by atoms with E-state index >= 15 is 0 Å². The van der Waals surface area contributed by atoms with Crippen molar-refractivity contribution >= 4 is 5.95 Å². The first-order chi connectivity index (χ1) is 8.74. The normalized spacial score (nSPS) is 15.1. The van der Waals surface area contributed by atoms with E-state index < -0.39 is 0 Å². The number of anilines is 1. The minimum absolute atomic E-state index is 0.528. The van der Waals surface area contributed by atoms with E-state index in [1.807, 2.05) is 12.4 Å². The first-order valence-electron chi connectivity index (χ1n) is 7.01. The van der Waals surface area contributed by atoms with Crippen LogP contribution < -0.4 is 10.2 Å². The zero-order chi connectivity index (χ0) is 13.0. The van der Waals surface area contributed by atoms with Crippen molar-refractivity contribution < 1.29 is 0 Å². The van der Waals surface area contributed by atoms with Crippen molar-refractivity contribution in [1.82, 2.24) is 15.3 Å². The summed E-state index contributed by atoms with van der Waals surface area (Å²) >= 11 is 0. The monoisotopic (exact) mass is 248 g/mol. The molecule has 0 unspecified atom stereocenters. The van der Waals surface area contributed by atoms with Crippen LogP contribution in [0.3, 0.4) is 0 Å². The summed E-state index contributed by atoms with van der Waals surface area (Å²) in [5.41, 5.74) is 1.17. The van der Waals surface area contributed by atoms with E-state index in [0.717, 1.165) is 31.4 Å². The minimum Gasteiger partial charge on any atom is -0.341 e. The van der Waals surface area contributed by atoms with Gasteiger partial charge in [0.25, 0.3) is 0 Å². The molecule has 0 bridgehead atoms. The molecule has 2 rings (SSSR count). The molecule has 4 nitrogen and oxygen atoms in total. The van der Waals surface area contributed by atoms with Gasteiger partial charge in [0.05, 0.1) is 0 Å². The highest BCUT2D eigenvalue weighted by molar-refractivity contribution is 5.30. The van der Waals surface area contributed by atoms with Crippen LogP contribution in [0, 0.1) is 0 Å². The molecule has 0 atom stereocenters. The maximum Gasteiger partial charge on any atom is 0.225 e. The average molecular weight is 248 g/mol. The lowest BCUT2D eigenvalue weighted by atomic mass is 10.1. The molecule has 0 amide bonds. The quantitative estimate of drug-likeness (QED) is 0.804. The second kappa shape index (κ2) is 6.14. The summed E-state index contributed by atoms with van der Waals surface area (Å²) in [6, 6.07) is 1.26. The maximum absolute atomic E-state index is 4.47. The fraction of sp³-hybridized carbons (Fsp3) is 0.714.